The van der Waals surface area contributed by atoms with E-state index < -0.39 is 0 Å². The predicted octanol–water partition coefficient (Wildman–Crippen LogP) is 2.75. The van der Waals surface area contributed by atoms with Crippen molar-refractivity contribution >= 4 is 11.7 Å². The summed E-state index contributed by atoms with van der Waals surface area (Å²) in [7, 11) is 1.78. The molecule has 2 aromatic heterocycles. The minimum atomic E-state index is -0.131. The zero-order chi connectivity index (χ0) is 18.5. The van der Waals surface area contributed by atoms with Crippen LogP contribution in [0, 0.1) is 6.92 Å². The summed E-state index contributed by atoms with van der Waals surface area (Å²) in [6.07, 6.45) is 0.613. The van der Waals surface area contributed by atoms with Gasteiger partial charge < -0.3 is 14.6 Å². The summed E-state index contributed by atoms with van der Waals surface area (Å²) in [5.74, 6) is 2.24. The lowest BCUT2D eigenvalue weighted by atomic mass is 10.2. The Morgan fingerprint density at radius 1 is 1.31 bits per heavy atom. The number of rotatable bonds is 7. The number of nitrogens with one attached hydrogen (secondary N) is 1. The highest BCUT2D eigenvalue weighted by Gasteiger charge is 2.12. The molecule has 0 radical (unpaired) electrons. The maximum absolute atomic E-state index is 12.1. The third-order valence-electron chi connectivity index (χ3n) is 3.73. The van der Waals surface area contributed by atoms with Crippen molar-refractivity contribution in [1.29, 1.82) is 0 Å². The fourth-order valence-corrected chi connectivity index (χ4v) is 2.49. The SMILES string of the molecule is CCOc1ccc(-c2noc(CCC(=O)Nc3cc(C)nn3C)n2)cc1. The van der Waals surface area contributed by atoms with Crippen LogP contribution >= 0.6 is 0 Å². The maximum atomic E-state index is 12.1. The lowest BCUT2D eigenvalue weighted by Gasteiger charge is -2.03. The minimum absolute atomic E-state index is 0.131. The zero-order valence-corrected chi connectivity index (χ0v) is 15.0. The van der Waals surface area contributed by atoms with Crippen molar-refractivity contribution in [2.24, 2.45) is 7.05 Å². The number of aromatic nitrogens is 4. The van der Waals surface area contributed by atoms with Crippen LogP contribution in [0.5, 0.6) is 5.75 Å². The standard InChI is InChI=1S/C18H21N5O3/c1-4-25-14-7-5-13(6-8-14)18-20-17(26-22-18)10-9-16(24)19-15-11-12(2)21-23(15)3/h5-8,11H,4,9-10H2,1-3H3,(H,19,24). The highest BCUT2D eigenvalue weighted by atomic mass is 16.5. The van der Waals surface area contributed by atoms with Gasteiger partial charge in [0.1, 0.15) is 11.6 Å². The number of nitrogens with zero attached hydrogens (tertiary/aromatic N) is 4. The van der Waals surface area contributed by atoms with Crippen LogP contribution in [0.3, 0.4) is 0 Å². The Hall–Kier alpha value is -3.16. The van der Waals surface area contributed by atoms with Gasteiger partial charge in [0.05, 0.1) is 12.3 Å². The largest absolute Gasteiger partial charge is 0.494 e. The second-order valence-electron chi connectivity index (χ2n) is 5.81. The highest BCUT2D eigenvalue weighted by Crippen LogP contribution is 2.20. The first-order chi connectivity index (χ1) is 12.5. The van der Waals surface area contributed by atoms with E-state index in [2.05, 4.69) is 20.6 Å². The Balaban J connectivity index is 1.56. The molecule has 3 aromatic rings. The molecule has 26 heavy (non-hydrogen) atoms. The summed E-state index contributed by atoms with van der Waals surface area (Å²) in [5.41, 5.74) is 1.68. The quantitative estimate of drug-likeness (QED) is 0.700. The Morgan fingerprint density at radius 2 is 2.08 bits per heavy atom. The van der Waals surface area contributed by atoms with E-state index >= 15 is 0 Å². The first kappa shape index (κ1) is 17.7. The Kier molecular flexibility index (Phi) is 5.31. The van der Waals surface area contributed by atoms with Crippen LogP contribution in [0.2, 0.25) is 0 Å². The number of aryl methyl sites for hydroxylation is 3. The summed E-state index contributed by atoms with van der Waals surface area (Å²) < 4.78 is 12.3. The van der Waals surface area contributed by atoms with Crippen LogP contribution in [-0.4, -0.2) is 32.4 Å². The third-order valence-corrected chi connectivity index (χ3v) is 3.73. The molecular weight excluding hydrogens is 334 g/mol. The zero-order valence-electron chi connectivity index (χ0n) is 15.0. The number of hydrogen-bond acceptors (Lipinski definition) is 6. The fraction of sp³-hybridized carbons (Fsp3) is 0.333. The summed E-state index contributed by atoms with van der Waals surface area (Å²) in [4.78, 5) is 16.4. The molecule has 0 aliphatic heterocycles. The molecule has 0 bridgehead atoms. The predicted molar refractivity (Wildman–Crippen MR) is 95.8 cm³/mol. The van der Waals surface area contributed by atoms with Crippen LogP contribution in [-0.2, 0) is 18.3 Å². The number of ether oxygens (including phenoxy) is 1. The van der Waals surface area contributed by atoms with Crippen LogP contribution in [0.1, 0.15) is 24.9 Å². The third kappa shape index (κ3) is 4.27. The molecule has 0 saturated carbocycles. The monoisotopic (exact) mass is 355 g/mol. The van der Waals surface area contributed by atoms with E-state index in [-0.39, 0.29) is 12.3 Å². The molecule has 2 heterocycles. The second kappa shape index (κ2) is 7.81. The topological polar surface area (TPSA) is 95.1 Å². The van der Waals surface area contributed by atoms with Crippen molar-refractivity contribution in [1.82, 2.24) is 19.9 Å². The van der Waals surface area contributed by atoms with Gasteiger partial charge >= 0.3 is 0 Å². The molecule has 0 atom stereocenters. The van der Waals surface area contributed by atoms with Crippen LogP contribution in [0.15, 0.2) is 34.9 Å². The molecule has 136 valence electrons. The van der Waals surface area contributed by atoms with Crippen molar-refractivity contribution in [2.75, 3.05) is 11.9 Å². The van der Waals surface area contributed by atoms with E-state index in [1.807, 2.05) is 44.2 Å². The van der Waals surface area contributed by atoms with E-state index in [4.69, 9.17) is 9.26 Å². The molecule has 3 rings (SSSR count). The molecule has 8 heteroatoms. The smallest absolute Gasteiger partial charge is 0.227 e. The first-order valence-electron chi connectivity index (χ1n) is 8.41. The molecule has 1 aromatic carbocycles. The number of benzene rings is 1. The Bertz CT molecular complexity index is 883. The van der Waals surface area contributed by atoms with Crippen molar-refractivity contribution in [3.05, 3.63) is 41.9 Å². The second-order valence-corrected chi connectivity index (χ2v) is 5.81. The van der Waals surface area contributed by atoms with E-state index in [0.717, 1.165) is 17.0 Å². The Labute approximate surface area is 151 Å². The molecular formula is C18H21N5O3. The summed E-state index contributed by atoms with van der Waals surface area (Å²) in [5, 5.41) is 11.0. The number of carbonyl (C=O) groups excluding carboxylic acids is 1. The lowest BCUT2D eigenvalue weighted by molar-refractivity contribution is -0.116. The highest BCUT2D eigenvalue weighted by molar-refractivity contribution is 5.89. The molecule has 8 nitrogen and oxygen atoms in total. The van der Waals surface area contributed by atoms with E-state index in [1.54, 1.807) is 11.7 Å². The number of carbonyl (C=O) groups is 1. The van der Waals surface area contributed by atoms with Gasteiger partial charge in [-0.2, -0.15) is 10.1 Å². The lowest BCUT2D eigenvalue weighted by Crippen LogP contribution is -2.14. The molecule has 0 aliphatic carbocycles. The minimum Gasteiger partial charge on any atom is -0.494 e. The van der Waals surface area contributed by atoms with Crippen molar-refractivity contribution in [3.8, 4) is 17.1 Å². The van der Waals surface area contributed by atoms with Gasteiger partial charge in [0.25, 0.3) is 0 Å². The molecule has 0 saturated heterocycles. The van der Waals surface area contributed by atoms with Crippen LogP contribution in [0.4, 0.5) is 5.82 Å². The van der Waals surface area contributed by atoms with Gasteiger partial charge in [0.15, 0.2) is 0 Å². The van der Waals surface area contributed by atoms with Gasteiger partial charge in [-0.15, -0.1) is 0 Å². The normalized spacial score (nSPS) is 10.7. The van der Waals surface area contributed by atoms with Gasteiger partial charge in [0, 0.05) is 31.5 Å². The summed E-state index contributed by atoms with van der Waals surface area (Å²) in [6.45, 7) is 4.42. The molecule has 0 spiro atoms. The maximum Gasteiger partial charge on any atom is 0.227 e. The van der Waals surface area contributed by atoms with Crippen molar-refractivity contribution < 1.29 is 14.1 Å². The fourth-order valence-electron chi connectivity index (χ4n) is 2.49. The summed E-state index contributed by atoms with van der Waals surface area (Å²) >= 11 is 0. The van der Waals surface area contributed by atoms with Crippen molar-refractivity contribution in [2.45, 2.75) is 26.7 Å². The van der Waals surface area contributed by atoms with Crippen LogP contribution < -0.4 is 10.1 Å². The molecule has 0 fully saturated rings. The van der Waals surface area contributed by atoms with Gasteiger partial charge in [-0.1, -0.05) is 5.16 Å². The van der Waals surface area contributed by atoms with E-state index in [0.29, 0.717) is 30.6 Å². The molecule has 1 amide bonds. The number of amides is 1. The van der Waals surface area contributed by atoms with Gasteiger partial charge in [-0.05, 0) is 38.1 Å². The first-order valence-corrected chi connectivity index (χ1v) is 8.41. The van der Waals surface area contributed by atoms with Crippen molar-refractivity contribution in [3.63, 3.8) is 0 Å². The van der Waals surface area contributed by atoms with Gasteiger partial charge in [-0.25, -0.2) is 0 Å². The Morgan fingerprint density at radius 3 is 2.73 bits per heavy atom. The molecule has 1 N–H and O–H groups in total. The van der Waals surface area contributed by atoms with E-state index in [1.165, 1.54) is 0 Å². The molecule has 0 unspecified atom stereocenters. The number of anilines is 1. The van der Waals surface area contributed by atoms with Gasteiger partial charge in [0.2, 0.25) is 17.6 Å². The number of hydrogen-bond donors (Lipinski definition) is 1. The molecule has 0 aliphatic rings. The summed E-state index contributed by atoms with van der Waals surface area (Å²) in [6, 6.07) is 9.28. The average molecular weight is 355 g/mol. The van der Waals surface area contributed by atoms with Gasteiger partial charge in [-0.3, -0.25) is 9.48 Å². The van der Waals surface area contributed by atoms with Crippen LogP contribution in [0.25, 0.3) is 11.4 Å². The average Bonchev–Trinajstić information content (AvgIpc) is 3.21. The van der Waals surface area contributed by atoms with E-state index in [9.17, 15) is 4.79 Å².